The quantitative estimate of drug-likeness (QED) is 0.782. The molecule has 2 saturated heterocycles. The predicted molar refractivity (Wildman–Crippen MR) is 89.3 cm³/mol. The molecule has 0 bridgehead atoms. The van der Waals surface area contributed by atoms with Crippen LogP contribution in [0.25, 0.3) is 0 Å². The van der Waals surface area contributed by atoms with Gasteiger partial charge >= 0.3 is 0 Å². The minimum atomic E-state index is -1.97. The molecule has 2 aliphatic heterocycles. The number of ether oxygens (including phenoxy) is 1. The predicted octanol–water partition coefficient (Wildman–Crippen LogP) is 3.20. The Balaban J connectivity index is 1.31. The molecule has 3 aliphatic rings. The molecule has 4 nitrogen and oxygen atoms in total. The highest BCUT2D eigenvalue weighted by molar-refractivity contribution is 7.93. The van der Waals surface area contributed by atoms with Crippen molar-refractivity contribution in [2.24, 2.45) is 4.36 Å². The van der Waals surface area contributed by atoms with Gasteiger partial charge in [-0.3, -0.25) is 4.90 Å². The summed E-state index contributed by atoms with van der Waals surface area (Å²) >= 11 is 0. The molecule has 1 aromatic rings. The van der Waals surface area contributed by atoms with E-state index < -0.39 is 9.73 Å². The molecular formula is C17H24N2O2S. The molecule has 1 aromatic carbocycles. The summed E-state index contributed by atoms with van der Waals surface area (Å²) in [5.41, 5.74) is 0.821. The van der Waals surface area contributed by atoms with Crippen LogP contribution in [0.4, 0.5) is 5.69 Å². The van der Waals surface area contributed by atoms with Crippen molar-refractivity contribution in [2.75, 3.05) is 24.7 Å². The van der Waals surface area contributed by atoms with E-state index in [1.54, 1.807) is 0 Å². The maximum absolute atomic E-state index is 12.4. The van der Waals surface area contributed by atoms with Crippen molar-refractivity contribution in [3.8, 4) is 5.75 Å². The summed E-state index contributed by atoms with van der Waals surface area (Å²) in [6.45, 7) is 1.98. The van der Waals surface area contributed by atoms with Crippen molar-refractivity contribution in [3.63, 3.8) is 0 Å². The molecule has 1 saturated carbocycles. The SMILES string of the molecule is O=S1(=Nc2ccc(OCC3CN3C3CCC3)cc2)CCCC1. The van der Waals surface area contributed by atoms with Gasteiger partial charge in [0, 0.05) is 24.1 Å². The van der Waals surface area contributed by atoms with Gasteiger partial charge in [-0.2, -0.15) is 4.36 Å². The summed E-state index contributed by atoms with van der Waals surface area (Å²) in [6.07, 6.45) is 6.21. The van der Waals surface area contributed by atoms with Gasteiger partial charge in [0.1, 0.15) is 12.4 Å². The zero-order chi connectivity index (χ0) is 15.0. The van der Waals surface area contributed by atoms with E-state index in [-0.39, 0.29) is 0 Å². The fraction of sp³-hybridized carbons (Fsp3) is 0.647. The van der Waals surface area contributed by atoms with E-state index in [9.17, 15) is 4.21 Å². The molecular weight excluding hydrogens is 296 g/mol. The summed E-state index contributed by atoms with van der Waals surface area (Å²) in [4.78, 5) is 2.55. The van der Waals surface area contributed by atoms with E-state index in [0.29, 0.717) is 6.04 Å². The van der Waals surface area contributed by atoms with Gasteiger partial charge in [-0.15, -0.1) is 0 Å². The Morgan fingerprint density at radius 2 is 1.86 bits per heavy atom. The van der Waals surface area contributed by atoms with Gasteiger partial charge in [-0.25, -0.2) is 4.21 Å². The third-order valence-electron chi connectivity index (χ3n) is 5.03. The molecule has 0 N–H and O–H groups in total. The monoisotopic (exact) mass is 320 g/mol. The van der Waals surface area contributed by atoms with E-state index in [0.717, 1.165) is 48.4 Å². The summed E-state index contributed by atoms with van der Waals surface area (Å²) in [5.74, 6) is 2.40. The van der Waals surface area contributed by atoms with Gasteiger partial charge < -0.3 is 4.74 Å². The second kappa shape index (κ2) is 5.85. The van der Waals surface area contributed by atoms with Crippen molar-refractivity contribution in [3.05, 3.63) is 24.3 Å². The minimum Gasteiger partial charge on any atom is -0.492 e. The fourth-order valence-corrected chi connectivity index (χ4v) is 5.55. The third kappa shape index (κ3) is 3.15. The molecule has 2 unspecified atom stereocenters. The molecule has 120 valence electrons. The van der Waals surface area contributed by atoms with Gasteiger partial charge in [0.2, 0.25) is 0 Å². The van der Waals surface area contributed by atoms with E-state index in [1.807, 2.05) is 24.3 Å². The Hall–Kier alpha value is -1.07. The van der Waals surface area contributed by atoms with Crippen molar-refractivity contribution in [1.29, 1.82) is 0 Å². The molecule has 5 heteroatoms. The zero-order valence-corrected chi connectivity index (χ0v) is 13.8. The zero-order valence-electron chi connectivity index (χ0n) is 12.9. The van der Waals surface area contributed by atoms with Crippen molar-refractivity contribution < 1.29 is 8.95 Å². The van der Waals surface area contributed by atoms with Crippen molar-refractivity contribution in [1.82, 2.24) is 4.90 Å². The minimum absolute atomic E-state index is 0.613. The second-order valence-corrected chi connectivity index (χ2v) is 9.26. The molecule has 4 rings (SSSR count). The van der Waals surface area contributed by atoms with Gasteiger partial charge in [0.25, 0.3) is 0 Å². The molecule has 0 spiro atoms. The van der Waals surface area contributed by atoms with Crippen LogP contribution in [0.15, 0.2) is 28.6 Å². The molecule has 2 heterocycles. The maximum atomic E-state index is 12.4. The van der Waals surface area contributed by atoms with E-state index >= 15 is 0 Å². The standard InChI is InChI=1S/C17H24N2O2S/c20-22(10-1-2-11-22)18-14-6-8-17(9-7-14)21-13-16-12-19(16)15-4-3-5-15/h6-9,15-16H,1-5,10-13H2. The molecule has 0 amide bonds. The Bertz CT molecular complexity index is 633. The van der Waals surface area contributed by atoms with Crippen LogP contribution in [-0.4, -0.2) is 45.8 Å². The number of hydrogen-bond acceptors (Lipinski definition) is 4. The highest BCUT2D eigenvalue weighted by Gasteiger charge is 2.42. The number of hydrogen-bond donors (Lipinski definition) is 0. The average Bonchev–Trinajstić information content (AvgIpc) is 3.07. The van der Waals surface area contributed by atoms with Crippen LogP contribution in [0.5, 0.6) is 5.75 Å². The van der Waals surface area contributed by atoms with Crippen LogP contribution in [0.3, 0.4) is 0 Å². The topological polar surface area (TPSA) is 41.7 Å². The first kappa shape index (κ1) is 14.5. The average molecular weight is 320 g/mol. The highest BCUT2D eigenvalue weighted by Crippen LogP contribution is 2.34. The molecule has 1 aliphatic carbocycles. The molecule has 0 radical (unpaired) electrons. The van der Waals surface area contributed by atoms with Crippen molar-refractivity contribution in [2.45, 2.75) is 44.2 Å². The smallest absolute Gasteiger partial charge is 0.119 e. The Labute approximate surface area is 133 Å². The lowest BCUT2D eigenvalue weighted by Crippen LogP contribution is -2.29. The number of nitrogens with zero attached hydrogens (tertiary/aromatic N) is 2. The molecule has 3 fully saturated rings. The molecule has 2 atom stereocenters. The van der Waals surface area contributed by atoms with Gasteiger partial charge in [-0.1, -0.05) is 6.42 Å². The van der Waals surface area contributed by atoms with Gasteiger partial charge in [0.05, 0.1) is 21.5 Å². The summed E-state index contributed by atoms with van der Waals surface area (Å²) in [5, 5.41) is 0. The fourth-order valence-electron chi connectivity index (χ4n) is 3.35. The van der Waals surface area contributed by atoms with Gasteiger partial charge in [-0.05, 0) is 49.9 Å². The lowest BCUT2D eigenvalue weighted by atomic mass is 9.93. The van der Waals surface area contributed by atoms with E-state index in [1.165, 1.54) is 25.8 Å². The molecule has 0 aromatic heterocycles. The summed E-state index contributed by atoms with van der Waals surface area (Å²) in [6, 6.07) is 9.20. The maximum Gasteiger partial charge on any atom is 0.119 e. The van der Waals surface area contributed by atoms with Crippen LogP contribution < -0.4 is 4.74 Å². The first-order valence-corrected chi connectivity index (χ1v) is 10.3. The molecule has 22 heavy (non-hydrogen) atoms. The van der Waals surface area contributed by atoms with E-state index in [2.05, 4.69) is 9.26 Å². The third-order valence-corrected chi connectivity index (χ3v) is 7.42. The lowest BCUT2D eigenvalue weighted by molar-refractivity contribution is 0.215. The van der Waals surface area contributed by atoms with Crippen LogP contribution >= 0.6 is 0 Å². The lowest BCUT2D eigenvalue weighted by Gasteiger charge is -2.27. The summed E-state index contributed by atoms with van der Waals surface area (Å²) < 4.78 is 22.7. The van der Waals surface area contributed by atoms with Gasteiger partial charge in [0.15, 0.2) is 0 Å². The van der Waals surface area contributed by atoms with Crippen LogP contribution in [0.1, 0.15) is 32.1 Å². The van der Waals surface area contributed by atoms with E-state index in [4.69, 9.17) is 4.74 Å². The van der Waals surface area contributed by atoms with Crippen LogP contribution in [0.2, 0.25) is 0 Å². The number of rotatable bonds is 5. The van der Waals surface area contributed by atoms with Crippen molar-refractivity contribution >= 4 is 15.4 Å². The second-order valence-electron chi connectivity index (χ2n) is 6.72. The largest absolute Gasteiger partial charge is 0.492 e. The highest BCUT2D eigenvalue weighted by atomic mass is 32.2. The Kier molecular flexibility index (Phi) is 3.86. The first-order valence-electron chi connectivity index (χ1n) is 8.43. The Morgan fingerprint density at radius 1 is 1.14 bits per heavy atom. The normalized spacial score (nSPS) is 29.8. The number of benzene rings is 1. The first-order chi connectivity index (χ1) is 10.7. The Morgan fingerprint density at radius 3 is 2.50 bits per heavy atom. The summed E-state index contributed by atoms with van der Waals surface area (Å²) in [7, 11) is -1.97. The van der Waals surface area contributed by atoms with Crippen LogP contribution in [0, 0.1) is 0 Å². The van der Waals surface area contributed by atoms with Crippen LogP contribution in [-0.2, 0) is 9.73 Å².